The summed E-state index contributed by atoms with van der Waals surface area (Å²) in [5.74, 6) is -2.16. The molecule has 3 aromatic carbocycles. The molecule has 1 aliphatic heterocycles. The number of ketones is 1. The van der Waals surface area contributed by atoms with Gasteiger partial charge in [-0.2, -0.15) is 0 Å². The van der Waals surface area contributed by atoms with E-state index >= 15 is 0 Å². The summed E-state index contributed by atoms with van der Waals surface area (Å²) in [6.07, 6.45) is 2.46. The smallest absolute Gasteiger partial charge is 0.295 e. The molecule has 1 saturated heterocycles. The number of aliphatic hydroxyl groups is 1. The third kappa shape index (κ3) is 4.55. The number of H-pyrrole nitrogens is 1. The fraction of sp³-hybridized carbons (Fsp3) is 0.226. The summed E-state index contributed by atoms with van der Waals surface area (Å²) in [6, 6.07) is 20.2. The van der Waals surface area contributed by atoms with Crippen LogP contribution in [0.3, 0.4) is 0 Å². The maximum atomic E-state index is 13.5. The number of nitrogens with one attached hydrogen (secondary N) is 1. The predicted octanol–water partition coefficient (Wildman–Crippen LogP) is 6.27. The van der Waals surface area contributed by atoms with Crippen molar-refractivity contribution >= 4 is 28.4 Å². The number of amides is 1. The summed E-state index contributed by atoms with van der Waals surface area (Å²) in [5, 5.41) is 12.2. The van der Waals surface area contributed by atoms with Gasteiger partial charge in [0.2, 0.25) is 0 Å². The Morgan fingerprint density at radius 2 is 1.65 bits per heavy atom. The van der Waals surface area contributed by atoms with Crippen LogP contribution in [0.4, 0.5) is 4.39 Å². The molecule has 1 fully saturated rings. The van der Waals surface area contributed by atoms with Crippen LogP contribution in [-0.2, 0) is 21.4 Å². The molecule has 2 N–H and O–H groups in total. The molecule has 188 valence electrons. The standard InChI is InChI=1S/C31H29FN2O3/c1-31(2,3)22-12-8-19(9-13-22)27-26(28(35)20-10-14-23(32)15-11-20)29(36)30(37)34(27)17-16-21-18-33-25-7-5-4-6-24(21)25/h4-15,18,27,33,35H,16-17H2,1-3H3/b28-26-. The second-order valence-electron chi connectivity index (χ2n) is 10.5. The molecule has 5 rings (SSSR count). The first-order chi connectivity index (χ1) is 17.6. The normalized spacial score (nSPS) is 17.6. The predicted molar refractivity (Wildman–Crippen MR) is 143 cm³/mol. The largest absolute Gasteiger partial charge is 0.507 e. The van der Waals surface area contributed by atoms with E-state index < -0.39 is 23.5 Å². The van der Waals surface area contributed by atoms with Crippen molar-refractivity contribution in [1.82, 2.24) is 9.88 Å². The highest BCUT2D eigenvalue weighted by Crippen LogP contribution is 2.40. The minimum Gasteiger partial charge on any atom is -0.507 e. The average Bonchev–Trinajstić information content (AvgIpc) is 3.41. The lowest BCUT2D eigenvalue weighted by atomic mass is 9.85. The lowest BCUT2D eigenvalue weighted by molar-refractivity contribution is -0.139. The van der Waals surface area contributed by atoms with E-state index in [9.17, 15) is 19.1 Å². The number of hydrogen-bond acceptors (Lipinski definition) is 3. The number of Topliss-reactive ketones (excluding diaryl/α,β-unsaturated/α-hetero) is 1. The van der Waals surface area contributed by atoms with Crippen LogP contribution in [0, 0.1) is 5.82 Å². The molecule has 0 radical (unpaired) electrons. The lowest BCUT2D eigenvalue weighted by Crippen LogP contribution is -2.31. The van der Waals surface area contributed by atoms with Gasteiger partial charge in [0, 0.05) is 29.2 Å². The second kappa shape index (κ2) is 9.36. The van der Waals surface area contributed by atoms with E-state index in [2.05, 4.69) is 25.8 Å². The summed E-state index contributed by atoms with van der Waals surface area (Å²) in [6.45, 7) is 6.63. The number of likely N-dealkylation sites (tertiary alicyclic amines) is 1. The Balaban J connectivity index is 1.57. The van der Waals surface area contributed by atoms with Gasteiger partial charge in [-0.3, -0.25) is 9.59 Å². The maximum Gasteiger partial charge on any atom is 0.295 e. The molecule has 2 heterocycles. The quantitative estimate of drug-likeness (QED) is 0.194. The number of hydrogen-bond donors (Lipinski definition) is 2. The van der Waals surface area contributed by atoms with E-state index in [-0.39, 0.29) is 28.9 Å². The summed E-state index contributed by atoms with van der Waals surface area (Å²) >= 11 is 0. The number of halogens is 1. The summed E-state index contributed by atoms with van der Waals surface area (Å²) < 4.78 is 13.5. The van der Waals surface area contributed by atoms with Gasteiger partial charge in [-0.25, -0.2) is 4.39 Å². The number of aromatic amines is 1. The van der Waals surface area contributed by atoms with Gasteiger partial charge < -0.3 is 15.0 Å². The van der Waals surface area contributed by atoms with Crippen molar-refractivity contribution in [1.29, 1.82) is 0 Å². The number of carbonyl (C=O) groups excluding carboxylic acids is 2. The number of nitrogens with zero attached hydrogens (tertiary/aromatic N) is 1. The number of benzene rings is 3. The van der Waals surface area contributed by atoms with Crippen molar-refractivity contribution in [3.63, 3.8) is 0 Å². The molecule has 5 nitrogen and oxygen atoms in total. The van der Waals surface area contributed by atoms with Gasteiger partial charge >= 0.3 is 0 Å². The monoisotopic (exact) mass is 496 g/mol. The third-order valence-corrected chi connectivity index (χ3v) is 7.05. The molecule has 1 atom stereocenters. The van der Waals surface area contributed by atoms with E-state index in [1.165, 1.54) is 29.2 Å². The molecular weight excluding hydrogens is 467 g/mol. The highest BCUT2D eigenvalue weighted by molar-refractivity contribution is 6.46. The van der Waals surface area contributed by atoms with E-state index in [1.54, 1.807) is 0 Å². The molecule has 1 aromatic heterocycles. The van der Waals surface area contributed by atoms with Crippen LogP contribution in [0.1, 0.15) is 49.1 Å². The molecule has 37 heavy (non-hydrogen) atoms. The Labute approximate surface area is 215 Å². The van der Waals surface area contributed by atoms with Gasteiger partial charge in [-0.05, 0) is 58.9 Å². The van der Waals surface area contributed by atoms with Gasteiger partial charge in [0.05, 0.1) is 11.6 Å². The number of fused-ring (bicyclic) bond motifs is 1. The molecule has 1 unspecified atom stereocenters. The fourth-order valence-electron chi connectivity index (χ4n) is 4.97. The van der Waals surface area contributed by atoms with Crippen LogP contribution >= 0.6 is 0 Å². The van der Waals surface area contributed by atoms with Crippen LogP contribution in [0.5, 0.6) is 0 Å². The molecule has 0 saturated carbocycles. The number of aromatic nitrogens is 1. The molecule has 1 amide bonds. The fourth-order valence-corrected chi connectivity index (χ4v) is 4.97. The van der Waals surface area contributed by atoms with E-state index in [4.69, 9.17) is 0 Å². The minimum absolute atomic E-state index is 0.0130. The molecule has 4 aromatic rings. The minimum atomic E-state index is -0.760. The first-order valence-corrected chi connectivity index (χ1v) is 12.3. The third-order valence-electron chi connectivity index (χ3n) is 7.05. The van der Waals surface area contributed by atoms with Crippen LogP contribution < -0.4 is 0 Å². The van der Waals surface area contributed by atoms with Crippen LogP contribution in [0.25, 0.3) is 16.7 Å². The molecular formula is C31H29FN2O3. The van der Waals surface area contributed by atoms with Crippen molar-refractivity contribution in [2.24, 2.45) is 0 Å². The Bertz CT molecular complexity index is 1510. The van der Waals surface area contributed by atoms with Crippen LogP contribution in [-0.4, -0.2) is 33.2 Å². The van der Waals surface area contributed by atoms with Crippen molar-refractivity contribution in [3.05, 3.63) is 113 Å². The first-order valence-electron chi connectivity index (χ1n) is 12.3. The highest BCUT2D eigenvalue weighted by atomic mass is 19.1. The molecule has 0 bridgehead atoms. The van der Waals surface area contributed by atoms with Gasteiger partial charge in [-0.15, -0.1) is 0 Å². The summed E-state index contributed by atoms with van der Waals surface area (Å²) in [5.41, 5.74) is 4.12. The zero-order valence-electron chi connectivity index (χ0n) is 21.1. The lowest BCUT2D eigenvalue weighted by Gasteiger charge is -2.26. The number of para-hydroxylation sites is 1. The van der Waals surface area contributed by atoms with Crippen molar-refractivity contribution in [3.8, 4) is 0 Å². The van der Waals surface area contributed by atoms with Gasteiger partial charge in [0.15, 0.2) is 0 Å². The second-order valence-corrected chi connectivity index (χ2v) is 10.5. The van der Waals surface area contributed by atoms with Gasteiger partial charge in [0.1, 0.15) is 11.6 Å². The van der Waals surface area contributed by atoms with Gasteiger partial charge in [-0.1, -0.05) is 63.2 Å². The Morgan fingerprint density at radius 1 is 0.973 bits per heavy atom. The SMILES string of the molecule is CC(C)(C)c1ccc(C2/C(=C(/O)c3ccc(F)cc3)C(=O)C(=O)N2CCc2c[nH]c3ccccc23)cc1. The topological polar surface area (TPSA) is 73.4 Å². The van der Waals surface area contributed by atoms with E-state index in [0.717, 1.165) is 27.6 Å². The first kappa shape index (κ1) is 24.5. The Morgan fingerprint density at radius 3 is 2.32 bits per heavy atom. The van der Waals surface area contributed by atoms with Crippen molar-refractivity contribution in [2.75, 3.05) is 6.54 Å². The Hall–Kier alpha value is -4.19. The highest BCUT2D eigenvalue weighted by Gasteiger charge is 2.46. The van der Waals surface area contributed by atoms with Crippen molar-refractivity contribution in [2.45, 2.75) is 38.6 Å². The maximum absolute atomic E-state index is 13.5. The van der Waals surface area contributed by atoms with Crippen LogP contribution in [0.2, 0.25) is 0 Å². The summed E-state index contributed by atoms with van der Waals surface area (Å²) in [4.78, 5) is 31.4. The molecule has 6 heteroatoms. The van der Waals surface area contributed by atoms with E-state index in [0.29, 0.717) is 6.42 Å². The number of rotatable bonds is 5. The van der Waals surface area contributed by atoms with Crippen LogP contribution in [0.15, 0.2) is 84.6 Å². The van der Waals surface area contributed by atoms with E-state index in [1.807, 2.05) is 54.7 Å². The van der Waals surface area contributed by atoms with Crippen molar-refractivity contribution < 1.29 is 19.1 Å². The Kier molecular flexibility index (Phi) is 6.20. The zero-order valence-corrected chi connectivity index (χ0v) is 21.1. The molecule has 0 aliphatic carbocycles. The zero-order chi connectivity index (χ0) is 26.3. The molecule has 0 spiro atoms. The number of carbonyl (C=O) groups is 2. The molecule has 1 aliphatic rings. The number of aliphatic hydroxyl groups excluding tert-OH is 1. The average molecular weight is 497 g/mol. The summed E-state index contributed by atoms with van der Waals surface area (Å²) in [7, 11) is 0. The van der Waals surface area contributed by atoms with Gasteiger partial charge in [0.25, 0.3) is 11.7 Å².